The van der Waals surface area contributed by atoms with Crippen molar-refractivity contribution < 1.29 is 4.79 Å². The van der Waals surface area contributed by atoms with Crippen molar-refractivity contribution in [3.8, 4) is 0 Å². The number of carbonyl (C=O) groups excluding carboxylic acids is 1. The van der Waals surface area contributed by atoms with Crippen molar-refractivity contribution in [2.24, 2.45) is 5.73 Å². The zero-order valence-corrected chi connectivity index (χ0v) is 14.6. The molecule has 0 saturated heterocycles. The Kier molecular flexibility index (Phi) is 3.90. The van der Waals surface area contributed by atoms with Crippen LogP contribution < -0.4 is 10.6 Å². The number of benzene rings is 2. The maximum atomic E-state index is 11.8. The molecule has 1 aliphatic rings. The second kappa shape index (κ2) is 5.55. The molecule has 1 unspecified atom stereocenters. The summed E-state index contributed by atoms with van der Waals surface area (Å²) < 4.78 is 1.98. The zero-order valence-electron chi connectivity index (χ0n) is 11.4. The molecule has 2 aromatic carbocycles. The third kappa shape index (κ3) is 2.65. The first-order chi connectivity index (χ1) is 9.97. The molecule has 0 aromatic heterocycles. The molecule has 21 heavy (non-hydrogen) atoms. The van der Waals surface area contributed by atoms with Gasteiger partial charge in [-0.3, -0.25) is 4.79 Å². The molecule has 0 radical (unpaired) electrons. The van der Waals surface area contributed by atoms with Gasteiger partial charge in [0.2, 0.25) is 5.91 Å². The molecular weight excluding hydrogens is 396 g/mol. The number of halogens is 2. The van der Waals surface area contributed by atoms with E-state index in [4.69, 9.17) is 5.73 Å². The molecule has 1 amide bonds. The average molecular weight is 410 g/mol. The molecule has 3 nitrogen and oxygen atoms in total. The molecule has 0 saturated carbocycles. The highest BCUT2D eigenvalue weighted by molar-refractivity contribution is 9.11. The second-order valence-electron chi connectivity index (χ2n) is 5.16. The second-order valence-corrected chi connectivity index (χ2v) is 6.93. The van der Waals surface area contributed by atoms with Crippen LogP contribution in [0.15, 0.2) is 45.3 Å². The van der Waals surface area contributed by atoms with Crippen LogP contribution in [0.3, 0.4) is 0 Å². The molecule has 1 aliphatic heterocycles. The fourth-order valence-electron chi connectivity index (χ4n) is 2.62. The number of hydrogen-bond acceptors (Lipinski definition) is 2. The van der Waals surface area contributed by atoms with Crippen LogP contribution in [0.1, 0.15) is 22.7 Å². The van der Waals surface area contributed by atoms with E-state index in [0.29, 0.717) is 6.42 Å². The van der Waals surface area contributed by atoms with Gasteiger partial charge in [-0.15, -0.1) is 0 Å². The molecule has 3 rings (SSSR count). The fraction of sp³-hybridized carbons (Fsp3) is 0.188. The lowest BCUT2D eigenvalue weighted by Gasteiger charge is -2.16. The van der Waals surface area contributed by atoms with Crippen LogP contribution in [0.4, 0.5) is 5.69 Å². The maximum absolute atomic E-state index is 11.8. The molecule has 1 heterocycles. The van der Waals surface area contributed by atoms with Crippen molar-refractivity contribution >= 4 is 43.5 Å². The molecule has 1 atom stereocenters. The average Bonchev–Trinajstić information content (AvgIpc) is 2.73. The number of fused-ring (bicyclic) bond motifs is 1. The van der Waals surface area contributed by atoms with E-state index >= 15 is 0 Å². The van der Waals surface area contributed by atoms with Crippen molar-refractivity contribution in [2.45, 2.75) is 12.5 Å². The summed E-state index contributed by atoms with van der Waals surface area (Å²) in [6, 6.07) is 11.7. The lowest BCUT2D eigenvalue weighted by atomic mass is 9.97. The van der Waals surface area contributed by atoms with Crippen molar-refractivity contribution in [3.05, 3.63) is 62.0 Å². The number of rotatable bonds is 2. The molecule has 0 fully saturated rings. The number of nitrogens with zero attached hydrogens (tertiary/aromatic N) is 1. The van der Waals surface area contributed by atoms with Gasteiger partial charge in [-0.2, -0.15) is 0 Å². The van der Waals surface area contributed by atoms with E-state index < -0.39 is 0 Å². The zero-order chi connectivity index (χ0) is 15.1. The van der Waals surface area contributed by atoms with Gasteiger partial charge in [0.1, 0.15) is 0 Å². The Balaban J connectivity index is 1.98. The minimum atomic E-state index is -0.223. The normalized spacial score (nSPS) is 15.2. The van der Waals surface area contributed by atoms with E-state index in [-0.39, 0.29) is 11.9 Å². The van der Waals surface area contributed by atoms with E-state index in [1.807, 2.05) is 36.4 Å². The summed E-state index contributed by atoms with van der Waals surface area (Å²) >= 11 is 7.00. The van der Waals surface area contributed by atoms with E-state index in [1.165, 1.54) is 0 Å². The molecule has 0 bridgehead atoms. The number of anilines is 1. The molecule has 2 aromatic rings. The number of nitrogens with two attached hydrogens (primary N) is 1. The van der Waals surface area contributed by atoms with Gasteiger partial charge in [0.15, 0.2) is 0 Å². The van der Waals surface area contributed by atoms with Crippen LogP contribution in [0, 0.1) is 0 Å². The van der Waals surface area contributed by atoms with Crippen molar-refractivity contribution in [1.82, 2.24) is 0 Å². The van der Waals surface area contributed by atoms with E-state index in [1.54, 1.807) is 11.9 Å². The number of hydrogen-bond donors (Lipinski definition) is 1. The predicted molar refractivity (Wildman–Crippen MR) is 91.4 cm³/mol. The van der Waals surface area contributed by atoms with Gasteiger partial charge in [0.05, 0.1) is 12.5 Å². The van der Waals surface area contributed by atoms with Crippen LogP contribution in [0.2, 0.25) is 0 Å². The molecular formula is C16H14Br2N2O. The highest BCUT2D eigenvalue weighted by Gasteiger charge is 2.25. The maximum Gasteiger partial charge on any atom is 0.231 e. The summed E-state index contributed by atoms with van der Waals surface area (Å²) in [6.45, 7) is 0. The van der Waals surface area contributed by atoms with E-state index in [9.17, 15) is 4.79 Å². The SMILES string of the molecule is CN1C(=O)Cc2cc(C(N)c3ccc(Br)cc3Br)ccc21. The summed E-state index contributed by atoms with van der Waals surface area (Å²) in [5.41, 5.74) is 10.4. The van der Waals surface area contributed by atoms with Gasteiger partial charge in [0, 0.05) is 21.7 Å². The minimum Gasteiger partial charge on any atom is -0.320 e. The molecule has 108 valence electrons. The van der Waals surface area contributed by atoms with E-state index in [0.717, 1.165) is 31.3 Å². The van der Waals surface area contributed by atoms with Crippen LogP contribution >= 0.6 is 31.9 Å². The van der Waals surface area contributed by atoms with Crippen LogP contribution in [0.25, 0.3) is 0 Å². The summed E-state index contributed by atoms with van der Waals surface area (Å²) in [7, 11) is 1.80. The van der Waals surface area contributed by atoms with Gasteiger partial charge in [-0.05, 0) is 34.9 Å². The largest absolute Gasteiger partial charge is 0.320 e. The lowest BCUT2D eigenvalue weighted by molar-refractivity contribution is -0.117. The Morgan fingerprint density at radius 3 is 2.67 bits per heavy atom. The first-order valence-corrected chi connectivity index (χ1v) is 8.16. The standard InChI is InChI=1S/C16H14Br2N2O/c1-20-14-5-2-9(6-10(14)7-15(20)21)16(19)12-4-3-11(17)8-13(12)18/h2-6,8,16H,7,19H2,1H3. The summed E-state index contributed by atoms with van der Waals surface area (Å²) in [6.07, 6.45) is 0.452. The molecule has 2 N–H and O–H groups in total. The monoisotopic (exact) mass is 408 g/mol. The number of carbonyl (C=O) groups is 1. The Labute approximate surface area is 140 Å². The number of amides is 1. The van der Waals surface area contributed by atoms with Gasteiger partial charge < -0.3 is 10.6 Å². The summed E-state index contributed by atoms with van der Waals surface area (Å²) in [5, 5.41) is 0. The first kappa shape index (κ1) is 14.8. The van der Waals surface area contributed by atoms with Gasteiger partial charge in [-0.25, -0.2) is 0 Å². The molecule has 0 aliphatic carbocycles. The minimum absolute atomic E-state index is 0.126. The molecule has 0 spiro atoms. The fourth-order valence-corrected chi connectivity index (χ4v) is 3.91. The highest BCUT2D eigenvalue weighted by atomic mass is 79.9. The number of likely N-dealkylation sites (N-methyl/N-ethyl adjacent to an activating group) is 1. The molecule has 5 heteroatoms. The van der Waals surface area contributed by atoms with Crippen molar-refractivity contribution in [1.29, 1.82) is 0 Å². The van der Waals surface area contributed by atoms with Crippen molar-refractivity contribution in [2.75, 3.05) is 11.9 Å². The summed E-state index contributed by atoms with van der Waals surface area (Å²) in [4.78, 5) is 13.5. The van der Waals surface area contributed by atoms with Crippen LogP contribution in [-0.4, -0.2) is 13.0 Å². The highest BCUT2D eigenvalue weighted by Crippen LogP contribution is 2.33. The van der Waals surface area contributed by atoms with Crippen molar-refractivity contribution in [3.63, 3.8) is 0 Å². The van der Waals surface area contributed by atoms with Crippen LogP contribution in [-0.2, 0) is 11.2 Å². The smallest absolute Gasteiger partial charge is 0.231 e. The third-order valence-corrected chi connectivity index (χ3v) is 5.02. The van der Waals surface area contributed by atoms with Crippen LogP contribution in [0.5, 0.6) is 0 Å². The Morgan fingerprint density at radius 2 is 1.95 bits per heavy atom. The Hall–Kier alpha value is -1.17. The lowest BCUT2D eigenvalue weighted by Crippen LogP contribution is -2.20. The van der Waals surface area contributed by atoms with Gasteiger partial charge >= 0.3 is 0 Å². The van der Waals surface area contributed by atoms with Gasteiger partial charge in [0.25, 0.3) is 0 Å². The Bertz CT molecular complexity index is 730. The summed E-state index contributed by atoms with van der Waals surface area (Å²) in [5.74, 6) is 0.126. The van der Waals surface area contributed by atoms with E-state index in [2.05, 4.69) is 31.9 Å². The topological polar surface area (TPSA) is 46.3 Å². The quantitative estimate of drug-likeness (QED) is 0.820. The Morgan fingerprint density at radius 1 is 1.19 bits per heavy atom. The van der Waals surface area contributed by atoms with Gasteiger partial charge in [-0.1, -0.05) is 50.1 Å². The first-order valence-electron chi connectivity index (χ1n) is 6.57. The predicted octanol–water partition coefficient (Wildman–Crippen LogP) is 3.78. The third-order valence-electron chi connectivity index (χ3n) is 3.84.